The Hall–Kier alpha value is -1.20. The maximum absolute atomic E-state index is 12.8. The number of aromatic nitrogens is 2. The predicted octanol–water partition coefficient (Wildman–Crippen LogP) is 0.0728. The number of aliphatic hydroxyl groups is 1. The molecule has 2 heterocycles. The molecule has 4 N–H and O–H groups in total. The molecule has 10 heteroatoms. The minimum atomic E-state index is -3.71. The van der Waals surface area contributed by atoms with Crippen LogP contribution in [0.5, 0.6) is 0 Å². The fourth-order valence-corrected chi connectivity index (χ4v) is 4.78. The third-order valence-corrected chi connectivity index (χ3v) is 6.34. The minimum Gasteiger partial charge on any atom is -0.393 e. The third kappa shape index (κ3) is 2.42. The first kappa shape index (κ1) is 14.7. The molecule has 8 nitrogen and oxygen atoms in total. The lowest BCUT2D eigenvalue weighted by Gasteiger charge is -2.33. The number of hydrogen-bond acceptors (Lipinski definition) is 7. The summed E-state index contributed by atoms with van der Waals surface area (Å²) < 4.78 is 28.3. The molecule has 1 aliphatic carbocycles. The summed E-state index contributed by atoms with van der Waals surface area (Å²) in [5.41, 5.74) is 2.35. The second-order valence-corrected chi connectivity index (χ2v) is 8.08. The Morgan fingerprint density at radius 2 is 2.33 bits per heavy atom. The van der Waals surface area contributed by atoms with E-state index in [4.69, 9.17) is 5.84 Å². The van der Waals surface area contributed by atoms with Gasteiger partial charge in [-0.05, 0) is 18.8 Å². The van der Waals surface area contributed by atoms with Crippen LogP contribution in [0, 0.1) is 5.92 Å². The van der Waals surface area contributed by atoms with Gasteiger partial charge in [-0.15, -0.1) is 11.3 Å². The second kappa shape index (κ2) is 5.21. The van der Waals surface area contributed by atoms with Crippen LogP contribution >= 0.6 is 11.3 Å². The quantitative estimate of drug-likeness (QED) is 0.528. The number of fused-ring (bicyclic) bond motifs is 1. The van der Waals surface area contributed by atoms with E-state index in [1.54, 1.807) is 11.6 Å². The molecule has 1 saturated carbocycles. The predicted molar refractivity (Wildman–Crippen MR) is 79.4 cm³/mol. The van der Waals surface area contributed by atoms with Crippen molar-refractivity contribution in [3.8, 4) is 0 Å². The van der Waals surface area contributed by atoms with Gasteiger partial charge in [0.1, 0.15) is 0 Å². The maximum atomic E-state index is 12.8. The van der Waals surface area contributed by atoms with Crippen LogP contribution in [0.1, 0.15) is 12.8 Å². The topological polar surface area (TPSA) is 113 Å². The van der Waals surface area contributed by atoms with E-state index >= 15 is 0 Å². The van der Waals surface area contributed by atoms with E-state index in [1.165, 1.54) is 27.1 Å². The number of hydrazine groups is 1. The molecule has 2 aromatic rings. The van der Waals surface area contributed by atoms with E-state index in [0.29, 0.717) is 24.3 Å². The number of aliphatic hydroxyl groups excluding tert-OH is 1. The Balaban J connectivity index is 1.93. The van der Waals surface area contributed by atoms with Crippen molar-refractivity contribution >= 4 is 32.1 Å². The number of thiazole rings is 1. The first-order valence-electron chi connectivity index (χ1n) is 6.50. The smallest absolute Gasteiger partial charge is 0.262 e. The summed E-state index contributed by atoms with van der Waals surface area (Å²) in [7, 11) is -2.17. The van der Waals surface area contributed by atoms with Gasteiger partial charge in [-0.25, -0.2) is 14.3 Å². The molecule has 0 radical (unpaired) electrons. The molecule has 0 spiro atoms. The average Bonchev–Trinajstić information content (AvgIpc) is 2.95. The molecule has 1 aliphatic rings. The second-order valence-electron chi connectivity index (χ2n) is 5.24. The molecule has 0 unspecified atom stereocenters. The Morgan fingerprint density at radius 3 is 2.95 bits per heavy atom. The molecular weight excluding hydrogens is 314 g/mol. The summed E-state index contributed by atoms with van der Waals surface area (Å²) in [4.78, 5) is 4.73. The zero-order valence-electron chi connectivity index (χ0n) is 11.4. The molecule has 0 atom stereocenters. The highest BCUT2D eigenvalue weighted by molar-refractivity contribution is 7.89. The first-order chi connectivity index (χ1) is 9.93. The molecule has 3 rings (SSSR count). The van der Waals surface area contributed by atoms with Crippen molar-refractivity contribution in [3.63, 3.8) is 0 Å². The molecule has 0 saturated heterocycles. The van der Waals surface area contributed by atoms with E-state index in [2.05, 4.69) is 10.4 Å². The number of nitrogens with zero attached hydrogens (tertiary/aromatic N) is 3. The van der Waals surface area contributed by atoms with Gasteiger partial charge in [0.25, 0.3) is 10.0 Å². The molecule has 21 heavy (non-hydrogen) atoms. The Kier molecular flexibility index (Phi) is 3.66. The van der Waals surface area contributed by atoms with Gasteiger partial charge in [-0.3, -0.25) is 4.40 Å². The van der Waals surface area contributed by atoms with Crippen molar-refractivity contribution in [2.45, 2.75) is 24.0 Å². The lowest BCUT2D eigenvalue weighted by atomic mass is 9.82. The van der Waals surface area contributed by atoms with Gasteiger partial charge in [0.05, 0.1) is 6.10 Å². The number of sulfonamides is 1. The SMILES string of the molecule is CN(CC1CC(O)C1)S(=O)(=O)c1c(NN)nc2sccn12. The van der Waals surface area contributed by atoms with Gasteiger partial charge >= 0.3 is 0 Å². The van der Waals surface area contributed by atoms with Gasteiger partial charge in [0, 0.05) is 25.2 Å². The standard InChI is InChI=1S/C11H17N5O3S2/c1-15(6-7-4-8(17)5-7)21(18,19)10-9(14-12)13-11-16(10)2-3-20-11/h2-3,7-8,14,17H,4-6,12H2,1H3. The van der Waals surface area contributed by atoms with Crippen molar-refractivity contribution in [2.24, 2.45) is 11.8 Å². The molecule has 2 aromatic heterocycles. The number of hydrogen-bond donors (Lipinski definition) is 3. The van der Waals surface area contributed by atoms with Crippen LogP contribution in [0.4, 0.5) is 5.82 Å². The van der Waals surface area contributed by atoms with Crippen LogP contribution in [-0.2, 0) is 10.0 Å². The molecular formula is C11H17N5O3S2. The summed E-state index contributed by atoms with van der Waals surface area (Å²) in [6.07, 6.45) is 2.64. The van der Waals surface area contributed by atoms with Crippen LogP contribution in [0.2, 0.25) is 0 Å². The number of nitrogens with one attached hydrogen (secondary N) is 1. The molecule has 0 bridgehead atoms. The third-order valence-electron chi connectivity index (χ3n) is 3.74. The van der Waals surface area contributed by atoms with E-state index in [1.807, 2.05) is 0 Å². The number of anilines is 1. The van der Waals surface area contributed by atoms with E-state index < -0.39 is 10.0 Å². The lowest BCUT2D eigenvalue weighted by molar-refractivity contribution is 0.0367. The molecule has 0 amide bonds. The monoisotopic (exact) mass is 331 g/mol. The summed E-state index contributed by atoms with van der Waals surface area (Å²) in [6.45, 7) is 0.376. The summed E-state index contributed by atoms with van der Waals surface area (Å²) in [6, 6.07) is 0. The van der Waals surface area contributed by atoms with Gasteiger partial charge in [-0.1, -0.05) is 0 Å². The van der Waals surface area contributed by atoms with Gasteiger partial charge in [0.2, 0.25) is 5.03 Å². The van der Waals surface area contributed by atoms with Gasteiger partial charge < -0.3 is 10.5 Å². The van der Waals surface area contributed by atoms with Crippen molar-refractivity contribution in [1.29, 1.82) is 0 Å². The van der Waals surface area contributed by atoms with Gasteiger partial charge in [0.15, 0.2) is 10.8 Å². The zero-order chi connectivity index (χ0) is 15.2. The summed E-state index contributed by atoms with van der Waals surface area (Å²) in [5, 5.41) is 11.1. The fraction of sp³-hybridized carbons (Fsp3) is 0.545. The van der Waals surface area contributed by atoms with Crippen LogP contribution in [0.15, 0.2) is 16.6 Å². The molecule has 1 fully saturated rings. The Labute approximate surface area is 126 Å². The Bertz CT molecular complexity index is 747. The number of rotatable bonds is 5. The summed E-state index contributed by atoms with van der Waals surface area (Å²) in [5.74, 6) is 5.73. The minimum absolute atomic E-state index is 0.0450. The zero-order valence-corrected chi connectivity index (χ0v) is 13.1. The van der Waals surface area contributed by atoms with E-state index in [0.717, 1.165) is 0 Å². The molecule has 0 aromatic carbocycles. The largest absolute Gasteiger partial charge is 0.393 e. The maximum Gasteiger partial charge on any atom is 0.262 e. The van der Waals surface area contributed by atoms with Gasteiger partial charge in [-0.2, -0.15) is 9.29 Å². The first-order valence-corrected chi connectivity index (χ1v) is 8.82. The normalized spacial score (nSPS) is 22.7. The van der Waals surface area contributed by atoms with Crippen LogP contribution < -0.4 is 11.3 Å². The van der Waals surface area contributed by atoms with Crippen molar-refractivity contribution in [3.05, 3.63) is 11.6 Å². The Morgan fingerprint density at radius 1 is 1.62 bits per heavy atom. The van der Waals surface area contributed by atoms with E-state index in [9.17, 15) is 13.5 Å². The highest BCUT2D eigenvalue weighted by Gasteiger charge is 2.34. The molecule has 0 aliphatic heterocycles. The van der Waals surface area contributed by atoms with Crippen LogP contribution in [-0.4, -0.2) is 46.9 Å². The fourth-order valence-electron chi connectivity index (χ4n) is 2.56. The highest BCUT2D eigenvalue weighted by Crippen LogP contribution is 2.31. The lowest BCUT2D eigenvalue weighted by Crippen LogP contribution is -2.40. The van der Waals surface area contributed by atoms with Crippen molar-refractivity contribution in [1.82, 2.24) is 13.7 Å². The number of nitrogens with two attached hydrogens (primary N) is 1. The summed E-state index contributed by atoms with van der Waals surface area (Å²) >= 11 is 1.34. The number of imidazole rings is 1. The van der Waals surface area contributed by atoms with Crippen LogP contribution in [0.25, 0.3) is 4.96 Å². The van der Waals surface area contributed by atoms with Crippen molar-refractivity contribution < 1.29 is 13.5 Å². The molecule has 116 valence electrons. The highest BCUT2D eigenvalue weighted by atomic mass is 32.2. The number of nitrogen functional groups attached to an aromatic ring is 1. The van der Waals surface area contributed by atoms with E-state index in [-0.39, 0.29) is 22.9 Å². The average molecular weight is 331 g/mol. The van der Waals surface area contributed by atoms with Crippen LogP contribution in [0.3, 0.4) is 0 Å². The van der Waals surface area contributed by atoms with Crippen molar-refractivity contribution in [2.75, 3.05) is 19.0 Å².